The highest BCUT2D eigenvalue weighted by Crippen LogP contribution is 2.33. The number of anilines is 1. The number of hydrogen-bond donors (Lipinski definition) is 1. The third-order valence-electron chi connectivity index (χ3n) is 4.50. The van der Waals surface area contributed by atoms with Gasteiger partial charge in [0.05, 0.1) is 18.4 Å². The Bertz CT molecular complexity index is 1260. The zero-order chi connectivity index (χ0) is 24.0. The zero-order valence-electron chi connectivity index (χ0n) is 17.7. The van der Waals surface area contributed by atoms with Crippen molar-refractivity contribution in [2.75, 3.05) is 12.4 Å². The second-order valence-corrected chi connectivity index (χ2v) is 8.60. The molecular weight excluding hydrogens is 552 g/mol. The molecule has 1 N–H and O–H groups in total. The van der Waals surface area contributed by atoms with Gasteiger partial charge < -0.3 is 14.8 Å². The van der Waals surface area contributed by atoms with E-state index in [1.54, 1.807) is 42.5 Å². The molecule has 0 aliphatic rings. The number of carbonyl (C=O) groups is 2. The van der Waals surface area contributed by atoms with E-state index in [2.05, 4.69) is 37.2 Å². The van der Waals surface area contributed by atoms with Gasteiger partial charge >= 0.3 is 5.97 Å². The molecule has 0 unspecified atom stereocenters. The molecule has 33 heavy (non-hydrogen) atoms. The van der Waals surface area contributed by atoms with E-state index in [-0.39, 0.29) is 11.3 Å². The van der Waals surface area contributed by atoms with E-state index in [1.807, 2.05) is 25.1 Å². The van der Waals surface area contributed by atoms with Gasteiger partial charge in [-0.05, 0) is 92.4 Å². The lowest BCUT2D eigenvalue weighted by molar-refractivity contribution is -0.112. The topological polar surface area (TPSA) is 88.4 Å². The lowest BCUT2D eigenvalue weighted by atomic mass is 10.1. The molecule has 0 saturated heterocycles. The van der Waals surface area contributed by atoms with Crippen molar-refractivity contribution < 1.29 is 19.1 Å². The number of ether oxygens (including phenoxy) is 2. The van der Waals surface area contributed by atoms with Crippen LogP contribution in [0.25, 0.3) is 6.08 Å². The van der Waals surface area contributed by atoms with Crippen molar-refractivity contribution in [1.29, 1.82) is 5.26 Å². The van der Waals surface area contributed by atoms with E-state index in [0.29, 0.717) is 31.5 Å². The summed E-state index contributed by atoms with van der Waals surface area (Å²) in [5.74, 6) is -0.627. The molecular formula is C25H18Br2N2O4. The van der Waals surface area contributed by atoms with Crippen molar-refractivity contribution >= 4 is 55.5 Å². The molecule has 0 saturated carbocycles. The Morgan fingerprint density at radius 1 is 1.00 bits per heavy atom. The van der Waals surface area contributed by atoms with Crippen molar-refractivity contribution in [2.45, 2.75) is 6.92 Å². The number of nitrogens with one attached hydrogen (secondary N) is 1. The first-order valence-electron chi connectivity index (χ1n) is 9.66. The lowest BCUT2D eigenvalue weighted by Crippen LogP contribution is -2.14. The number of methoxy groups -OCH3 is 1. The van der Waals surface area contributed by atoms with Crippen LogP contribution in [0, 0.1) is 18.3 Å². The highest BCUT2D eigenvalue weighted by molar-refractivity contribution is 9.11. The molecule has 0 fully saturated rings. The molecule has 0 aliphatic heterocycles. The van der Waals surface area contributed by atoms with Crippen LogP contribution in [0.4, 0.5) is 5.69 Å². The predicted molar refractivity (Wildman–Crippen MR) is 133 cm³/mol. The monoisotopic (exact) mass is 568 g/mol. The summed E-state index contributed by atoms with van der Waals surface area (Å²) in [6.45, 7) is 1.92. The normalized spacial score (nSPS) is 10.8. The predicted octanol–water partition coefficient (Wildman–Crippen LogP) is 6.29. The highest BCUT2D eigenvalue weighted by atomic mass is 79.9. The largest absolute Gasteiger partial charge is 0.493 e. The van der Waals surface area contributed by atoms with Crippen LogP contribution in [-0.2, 0) is 4.79 Å². The molecule has 0 atom stereocenters. The maximum atomic E-state index is 12.8. The Hall–Kier alpha value is -3.41. The third kappa shape index (κ3) is 6.09. The molecule has 3 aromatic carbocycles. The van der Waals surface area contributed by atoms with Gasteiger partial charge in [0.15, 0.2) is 11.5 Å². The van der Waals surface area contributed by atoms with Gasteiger partial charge in [-0.25, -0.2) is 4.79 Å². The Labute approximate surface area is 208 Å². The van der Waals surface area contributed by atoms with Crippen molar-refractivity contribution in [3.63, 3.8) is 0 Å². The van der Waals surface area contributed by atoms with Crippen LogP contribution < -0.4 is 14.8 Å². The van der Waals surface area contributed by atoms with Crippen LogP contribution in [0.15, 0.2) is 75.2 Å². The molecule has 3 rings (SSSR count). The summed E-state index contributed by atoms with van der Waals surface area (Å²) in [6, 6.07) is 18.9. The van der Waals surface area contributed by atoms with E-state index in [4.69, 9.17) is 9.47 Å². The smallest absolute Gasteiger partial charge is 0.343 e. The van der Waals surface area contributed by atoms with Gasteiger partial charge in [-0.1, -0.05) is 24.3 Å². The van der Waals surface area contributed by atoms with Gasteiger partial charge in [0.25, 0.3) is 5.91 Å². The molecule has 0 bridgehead atoms. The standard InChI is InChI=1S/C25H18Br2N2O4/c1-15-10-19(26)23(20(27)11-15)29-24(30)18(14-28)12-16-8-9-21(32-2)22(13-16)33-25(31)17-6-4-3-5-7-17/h3-13H,1-2H3,(H,29,30)/b18-12+. The van der Waals surface area contributed by atoms with E-state index in [0.717, 1.165) is 5.56 Å². The Kier molecular flexibility index (Phi) is 8.04. The van der Waals surface area contributed by atoms with Crippen molar-refractivity contribution in [3.8, 4) is 17.6 Å². The number of rotatable bonds is 6. The fourth-order valence-corrected chi connectivity index (χ4v) is 4.52. The molecule has 0 aromatic heterocycles. The van der Waals surface area contributed by atoms with Crippen LogP contribution in [-0.4, -0.2) is 19.0 Å². The average Bonchev–Trinajstić information content (AvgIpc) is 2.80. The first kappa shape index (κ1) is 24.2. The van der Waals surface area contributed by atoms with Gasteiger partial charge in [0, 0.05) is 8.95 Å². The number of hydrogen-bond acceptors (Lipinski definition) is 5. The SMILES string of the molecule is COc1ccc(/C=C(\C#N)C(=O)Nc2c(Br)cc(C)cc2Br)cc1OC(=O)c1ccccc1. The summed E-state index contributed by atoms with van der Waals surface area (Å²) >= 11 is 6.84. The Morgan fingerprint density at radius 3 is 2.27 bits per heavy atom. The summed E-state index contributed by atoms with van der Waals surface area (Å²) in [7, 11) is 1.45. The molecule has 0 radical (unpaired) electrons. The summed E-state index contributed by atoms with van der Waals surface area (Å²) in [4.78, 5) is 25.2. The van der Waals surface area contributed by atoms with Crippen LogP contribution in [0.1, 0.15) is 21.5 Å². The maximum Gasteiger partial charge on any atom is 0.343 e. The number of nitrogens with zero attached hydrogens (tertiary/aromatic N) is 1. The molecule has 0 heterocycles. The van der Waals surface area contributed by atoms with Crippen molar-refractivity contribution in [2.24, 2.45) is 0 Å². The second-order valence-electron chi connectivity index (χ2n) is 6.89. The van der Waals surface area contributed by atoms with Crippen molar-refractivity contribution in [3.05, 3.63) is 91.9 Å². The average molecular weight is 570 g/mol. The number of carbonyl (C=O) groups excluding carboxylic acids is 2. The zero-order valence-corrected chi connectivity index (χ0v) is 20.9. The summed E-state index contributed by atoms with van der Waals surface area (Å²) in [6.07, 6.45) is 1.41. The van der Waals surface area contributed by atoms with Crippen LogP contribution in [0.2, 0.25) is 0 Å². The molecule has 3 aromatic rings. The van der Waals surface area contributed by atoms with Crippen LogP contribution >= 0.6 is 31.9 Å². The van der Waals surface area contributed by atoms with E-state index >= 15 is 0 Å². The minimum Gasteiger partial charge on any atom is -0.493 e. The molecule has 8 heteroatoms. The van der Waals surface area contributed by atoms with Gasteiger partial charge in [-0.2, -0.15) is 5.26 Å². The summed E-state index contributed by atoms with van der Waals surface area (Å²) in [5.41, 5.74) is 2.25. The van der Waals surface area contributed by atoms with Gasteiger partial charge in [0.1, 0.15) is 11.6 Å². The van der Waals surface area contributed by atoms with Gasteiger partial charge in [0.2, 0.25) is 0 Å². The Balaban J connectivity index is 1.88. The van der Waals surface area contributed by atoms with E-state index in [1.165, 1.54) is 19.3 Å². The number of nitriles is 1. The maximum absolute atomic E-state index is 12.8. The van der Waals surface area contributed by atoms with Crippen LogP contribution in [0.3, 0.4) is 0 Å². The number of halogens is 2. The van der Waals surface area contributed by atoms with Crippen LogP contribution in [0.5, 0.6) is 11.5 Å². The van der Waals surface area contributed by atoms with Gasteiger partial charge in [-0.15, -0.1) is 0 Å². The fourth-order valence-electron chi connectivity index (χ4n) is 2.91. The quantitative estimate of drug-likeness (QED) is 0.163. The lowest BCUT2D eigenvalue weighted by Gasteiger charge is -2.11. The third-order valence-corrected chi connectivity index (χ3v) is 5.75. The number of amides is 1. The second kappa shape index (κ2) is 10.9. The Morgan fingerprint density at radius 2 is 1.67 bits per heavy atom. The number of benzene rings is 3. The molecule has 0 aliphatic carbocycles. The molecule has 166 valence electrons. The minimum atomic E-state index is -0.582. The fraction of sp³-hybridized carbons (Fsp3) is 0.0800. The first-order valence-corrected chi connectivity index (χ1v) is 11.2. The molecule has 6 nitrogen and oxygen atoms in total. The number of esters is 1. The van der Waals surface area contributed by atoms with E-state index < -0.39 is 11.9 Å². The van der Waals surface area contributed by atoms with Crippen molar-refractivity contribution in [1.82, 2.24) is 0 Å². The highest BCUT2D eigenvalue weighted by Gasteiger charge is 2.16. The summed E-state index contributed by atoms with van der Waals surface area (Å²) < 4.78 is 12.1. The number of aryl methyl sites for hydroxylation is 1. The van der Waals surface area contributed by atoms with E-state index in [9.17, 15) is 14.9 Å². The minimum absolute atomic E-state index is 0.125. The molecule has 1 amide bonds. The summed E-state index contributed by atoms with van der Waals surface area (Å²) in [5, 5.41) is 12.3. The first-order chi connectivity index (χ1) is 15.8. The molecule has 0 spiro atoms. The van der Waals surface area contributed by atoms with Gasteiger partial charge in [-0.3, -0.25) is 4.79 Å².